The van der Waals surface area contributed by atoms with Crippen molar-refractivity contribution in [3.8, 4) is 0 Å². The molecule has 0 spiro atoms. The summed E-state index contributed by atoms with van der Waals surface area (Å²) in [5.41, 5.74) is 5.57. The number of aryl methyl sites for hydroxylation is 1. The maximum absolute atomic E-state index is 12.1. The van der Waals surface area contributed by atoms with Crippen molar-refractivity contribution < 1.29 is 13.5 Å². The fourth-order valence-corrected chi connectivity index (χ4v) is 3.80. The van der Waals surface area contributed by atoms with Crippen LogP contribution < -0.4 is 10.5 Å². The van der Waals surface area contributed by atoms with Crippen molar-refractivity contribution in [1.29, 1.82) is 0 Å². The van der Waals surface area contributed by atoms with E-state index in [0.717, 1.165) is 19.3 Å². The molecule has 1 aromatic rings. The topological polar surface area (TPSA) is 110 Å². The van der Waals surface area contributed by atoms with Crippen LogP contribution in [0.25, 0.3) is 0 Å². The summed E-state index contributed by atoms with van der Waals surface area (Å²) < 4.78 is 28.2. The van der Waals surface area contributed by atoms with Crippen LogP contribution in [0.5, 0.6) is 0 Å². The molecule has 4 N–H and O–H groups in total. The molecule has 0 saturated heterocycles. The van der Waals surface area contributed by atoms with Gasteiger partial charge in [0.05, 0.1) is 0 Å². The lowest BCUT2D eigenvalue weighted by Crippen LogP contribution is -2.32. The fraction of sp³-hybridized carbons (Fsp3) is 0.727. The second-order valence-corrected chi connectivity index (χ2v) is 6.77. The number of aliphatic hydroxyl groups excluding tert-OH is 1. The Hall–Kier alpha value is -1.12. The zero-order chi connectivity index (χ0) is 14.0. The van der Waals surface area contributed by atoms with Crippen molar-refractivity contribution in [2.24, 2.45) is 18.9 Å². The summed E-state index contributed by atoms with van der Waals surface area (Å²) in [5.74, 6) is 0.381. The maximum atomic E-state index is 12.1. The highest BCUT2D eigenvalue weighted by molar-refractivity contribution is 7.89. The third-order valence-corrected chi connectivity index (χ3v) is 5.14. The smallest absolute Gasteiger partial charge is 0.245 e. The molecule has 1 heterocycles. The van der Waals surface area contributed by atoms with Crippen LogP contribution in [0, 0.1) is 11.8 Å². The summed E-state index contributed by atoms with van der Waals surface area (Å²) in [5, 5.41) is 13.0. The summed E-state index contributed by atoms with van der Waals surface area (Å²) in [7, 11) is -2.01. The molecule has 108 valence electrons. The maximum Gasteiger partial charge on any atom is 0.245 e. The molecular weight excluding hydrogens is 268 g/mol. The summed E-state index contributed by atoms with van der Waals surface area (Å²) in [4.78, 5) is 0.00791. The molecule has 8 heteroatoms. The average Bonchev–Trinajstić information content (AvgIpc) is 2.93. The van der Waals surface area contributed by atoms with Gasteiger partial charge < -0.3 is 10.8 Å². The lowest BCUT2D eigenvalue weighted by Gasteiger charge is -2.17. The van der Waals surface area contributed by atoms with Gasteiger partial charge in [-0.25, -0.2) is 13.1 Å². The average molecular weight is 288 g/mol. The van der Waals surface area contributed by atoms with E-state index >= 15 is 0 Å². The van der Waals surface area contributed by atoms with Gasteiger partial charge in [0.1, 0.15) is 4.90 Å². The summed E-state index contributed by atoms with van der Waals surface area (Å²) in [6, 6.07) is 0. The highest BCUT2D eigenvalue weighted by Gasteiger charge is 2.29. The Morgan fingerprint density at radius 2 is 2.21 bits per heavy atom. The van der Waals surface area contributed by atoms with E-state index in [2.05, 4.69) is 9.82 Å². The van der Waals surface area contributed by atoms with Crippen LogP contribution in [0.2, 0.25) is 0 Å². The van der Waals surface area contributed by atoms with E-state index in [0.29, 0.717) is 6.54 Å². The second kappa shape index (κ2) is 5.48. The van der Waals surface area contributed by atoms with Crippen molar-refractivity contribution in [3.63, 3.8) is 0 Å². The van der Waals surface area contributed by atoms with E-state index in [1.54, 1.807) is 7.05 Å². The van der Waals surface area contributed by atoms with Crippen molar-refractivity contribution in [2.75, 3.05) is 18.9 Å². The van der Waals surface area contributed by atoms with Gasteiger partial charge in [0.15, 0.2) is 5.82 Å². The summed E-state index contributed by atoms with van der Waals surface area (Å²) >= 11 is 0. The first-order valence-electron chi connectivity index (χ1n) is 6.33. The molecule has 0 aliphatic heterocycles. The monoisotopic (exact) mass is 288 g/mol. The Kier molecular flexibility index (Phi) is 4.12. The standard InChI is InChI=1S/C11H20N4O3S/c1-15-6-10(11(12)14-15)19(17,18)13-5-8-3-2-4-9(8)7-16/h6,8-9,13,16H,2-5,7H2,1H3,(H2,12,14). The van der Waals surface area contributed by atoms with Crippen LogP contribution in [-0.2, 0) is 17.1 Å². The number of hydrogen-bond donors (Lipinski definition) is 3. The molecule has 0 bridgehead atoms. The number of nitrogens with zero attached hydrogens (tertiary/aromatic N) is 2. The predicted octanol–water partition coefficient (Wildman–Crippen LogP) is -0.311. The van der Waals surface area contributed by atoms with Gasteiger partial charge in [-0.2, -0.15) is 5.10 Å². The van der Waals surface area contributed by atoms with Crippen LogP contribution in [0.15, 0.2) is 11.1 Å². The number of anilines is 1. The third-order valence-electron chi connectivity index (χ3n) is 3.70. The van der Waals surface area contributed by atoms with Gasteiger partial charge in [0, 0.05) is 26.4 Å². The van der Waals surface area contributed by atoms with Gasteiger partial charge in [-0.3, -0.25) is 4.68 Å². The van der Waals surface area contributed by atoms with Gasteiger partial charge in [-0.05, 0) is 24.7 Å². The fourth-order valence-electron chi connectivity index (χ4n) is 2.61. The molecule has 1 fully saturated rings. The first-order chi connectivity index (χ1) is 8.94. The number of nitrogens with one attached hydrogen (secondary N) is 1. The van der Waals surface area contributed by atoms with Crippen LogP contribution in [0.3, 0.4) is 0 Å². The van der Waals surface area contributed by atoms with Crippen LogP contribution in [-0.4, -0.2) is 36.5 Å². The number of rotatable bonds is 5. The zero-order valence-corrected chi connectivity index (χ0v) is 11.7. The Morgan fingerprint density at radius 3 is 2.79 bits per heavy atom. The minimum Gasteiger partial charge on any atom is -0.396 e. The molecule has 0 aromatic carbocycles. The number of aromatic nitrogens is 2. The first kappa shape index (κ1) is 14.3. The largest absolute Gasteiger partial charge is 0.396 e. The molecule has 1 aliphatic rings. The molecule has 2 rings (SSSR count). The zero-order valence-electron chi connectivity index (χ0n) is 10.9. The molecule has 0 amide bonds. The van der Waals surface area contributed by atoms with E-state index < -0.39 is 10.0 Å². The van der Waals surface area contributed by atoms with Crippen molar-refractivity contribution in [3.05, 3.63) is 6.20 Å². The quantitative estimate of drug-likeness (QED) is 0.688. The van der Waals surface area contributed by atoms with Crippen molar-refractivity contribution in [1.82, 2.24) is 14.5 Å². The third kappa shape index (κ3) is 3.07. The molecular formula is C11H20N4O3S. The molecule has 0 radical (unpaired) electrons. The SMILES string of the molecule is Cn1cc(S(=O)(=O)NCC2CCCC2CO)c(N)n1. The molecule has 1 aromatic heterocycles. The summed E-state index contributed by atoms with van der Waals surface area (Å²) in [6.07, 6.45) is 4.32. The lowest BCUT2D eigenvalue weighted by atomic mass is 9.97. The Labute approximate surface area is 112 Å². The Bertz CT molecular complexity index is 540. The van der Waals surface area contributed by atoms with E-state index in [1.807, 2.05) is 0 Å². The number of aliphatic hydroxyl groups is 1. The molecule has 19 heavy (non-hydrogen) atoms. The number of nitrogen functional groups attached to an aromatic ring is 1. The molecule has 1 aliphatic carbocycles. The number of sulfonamides is 1. The van der Waals surface area contributed by atoms with Gasteiger partial charge in [-0.15, -0.1) is 0 Å². The van der Waals surface area contributed by atoms with E-state index in [4.69, 9.17) is 5.73 Å². The van der Waals surface area contributed by atoms with Gasteiger partial charge in [0.2, 0.25) is 10.0 Å². The minimum atomic E-state index is -3.63. The van der Waals surface area contributed by atoms with Gasteiger partial charge >= 0.3 is 0 Å². The minimum absolute atomic E-state index is 0.000120. The number of hydrogen-bond acceptors (Lipinski definition) is 5. The second-order valence-electron chi connectivity index (χ2n) is 5.04. The normalized spacial score (nSPS) is 23.9. The highest BCUT2D eigenvalue weighted by atomic mass is 32.2. The summed E-state index contributed by atoms with van der Waals surface area (Å²) in [6.45, 7) is 0.448. The van der Waals surface area contributed by atoms with E-state index in [1.165, 1.54) is 10.9 Å². The highest BCUT2D eigenvalue weighted by Crippen LogP contribution is 2.31. The molecule has 1 saturated carbocycles. The molecule has 2 atom stereocenters. The van der Waals surface area contributed by atoms with Gasteiger partial charge in [0.25, 0.3) is 0 Å². The first-order valence-corrected chi connectivity index (χ1v) is 7.82. The molecule has 2 unspecified atom stereocenters. The Balaban J connectivity index is 2.04. The predicted molar refractivity (Wildman–Crippen MR) is 70.7 cm³/mol. The van der Waals surface area contributed by atoms with Crippen LogP contribution in [0.1, 0.15) is 19.3 Å². The lowest BCUT2D eigenvalue weighted by molar-refractivity contribution is 0.195. The van der Waals surface area contributed by atoms with Crippen molar-refractivity contribution >= 4 is 15.8 Å². The van der Waals surface area contributed by atoms with E-state index in [9.17, 15) is 13.5 Å². The Morgan fingerprint density at radius 1 is 1.53 bits per heavy atom. The van der Waals surface area contributed by atoms with Crippen LogP contribution in [0.4, 0.5) is 5.82 Å². The molecule has 7 nitrogen and oxygen atoms in total. The van der Waals surface area contributed by atoms with Gasteiger partial charge in [-0.1, -0.05) is 6.42 Å². The van der Waals surface area contributed by atoms with E-state index in [-0.39, 0.29) is 29.2 Å². The number of nitrogens with two attached hydrogens (primary N) is 1. The van der Waals surface area contributed by atoms with Crippen molar-refractivity contribution in [2.45, 2.75) is 24.2 Å². The van der Waals surface area contributed by atoms with Crippen LogP contribution >= 0.6 is 0 Å².